The normalized spacial score (nSPS) is 11.9. The summed E-state index contributed by atoms with van der Waals surface area (Å²) in [4.78, 5) is 13.0. The van der Waals surface area contributed by atoms with Crippen molar-refractivity contribution in [2.75, 3.05) is 7.05 Å². The van der Waals surface area contributed by atoms with E-state index in [4.69, 9.17) is 5.11 Å². The van der Waals surface area contributed by atoms with E-state index >= 15 is 0 Å². The highest BCUT2D eigenvalue weighted by molar-refractivity contribution is 5.68. The molecule has 1 rings (SSSR count). The van der Waals surface area contributed by atoms with E-state index in [1.54, 1.807) is 0 Å². The maximum Gasteiger partial charge on any atom is 0.305 e. The lowest BCUT2D eigenvalue weighted by molar-refractivity contribution is -0.139. The summed E-state index contributed by atoms with van der Waals surface area (Å²) >= 11 is 0. The average molecular weight is 263 g/mol. The Kier molecular flexibility index (Phi) is 4.75. The van der Waals surface area contributed by atoms with E-state index in [9.17, 15) is 4.79 Å². The van der Waals surface area contributed by atoms with Gasteiger partial charge in [-0.3, -0.25) is 9.69 Å². The van der Waals surface area contributed by atoms with Gasteiger partial charge < -0.3 is 5.11 Å². The summed E-state index contributed by atoms with van der Waals surface area (Å²) in [7, 11) is 1.98. The van der Waals surface area contributed by atoms with E-state index in [1.807, 2.05) is 20.9 Å². The van der Waals surface area contributed by atoms with Crippen LogP contribution in [0.25, 0.3) is 0 Å². The molecule has 0 saturated heterocycles. The molecule has 3 nitrogen and oxygen atoms in total. The molecular formula is C16H25NO2. The lowest BCUT2D eigenvalue weighted by Crippen LogP contribution is -2.42. The number of carbonyl (C=O) groups is 1. The van der Waals surface area contributed by atoms with Gasteiger partial charge in [-0.1, -0.05) is 12.1 Å². The van der Waals surface area contributed by atoms with E-state index in [2.05, 4.69) is 37.8 Å². The van der Waals surface area contributed by atoms with Crippen molar-refractivity contribution < 1.29 is 9.90 Å². The van der Waals surface area contributed by atoms with Gasteiger partial charge in [-0.2, -0.15) is 0 Å². The fourth-order valence-electron chi connectivity index (χ4n) is 2.17. The fourth-order valence-corrected chi connectivity index (χ4v) is 2.17. The minimum Gasteiger partial charge on any atom is -0.481 e. The molecule has 0 unspecified atom stereocenters. The number of hydrogen-bond donors (Lipinski definition) is 1. The Balaban J connectivity index is 2.90. The van der Waals surface area contributed by atoms with Crippen molar-refractivity contribution in [2.45, 2.75) is 53.1 Å². The summed E-state index contributed by atoms with van der Waals surface area (Å²) < 4.78 is 0. The molecule has 0 spiro atoms. The van der Waals surface area contributed by atoms with Crippen LogP contribution >= 0.6 is 0 Å². The second-order valence-corrected chi connectivity index (χ2v) is 6.10. The van der Waals surface area contributed by atoms with Crippen LogP contribution in [0.5, 0.6) is 0 Å². The van der Waals surface area contributed by atoms with E-state index in [0.29, 0.717) is 0 Å². The molecule has 106 valence electrons. The first kappa shape index (κ1) is 15.7. The Morgan fingerprint density at radius 1 is 1.16 bits per heavy atom. The molecular weight excluding hydrogens is 238 g/mol. The molecule has 0 atom stereocenters. The lowest BCUT2D eigenvalue weighted by Gasteiger charge is -2.35. The topological polar surface area (TPSA) is 40.5 Å². The summed E-state index contributed by atoms with van der Waals surface area (Å²) in [5.41, 5.74) is 4.76. The van der Waals surface area contributed by atoms with Crippen LogP contribution in [0.4, 0.5) is 0 Å². The standard InChI is InChI=1S/C16H25NO2/c1-11-7-13(3)14(8-12(11)2)10-17(6)16(4,5)9-15(18)19/h7-8H,9-10H2,1-6H3,(H,18,19). The van der Waals surface area contributed by atoms with Gasteiger partial charge in [-0.15, -0.1) is 0 Å². The van der Waals surface area contributed by atoms with Crippen LogP contribution in [0.2, 0.25) is 0 Å². The number of hydrogen-bond acceptors (Lipinski definition) is 2. The molecule has 0 aliphatic rings. The molecule has 0 aliphatic heterocycles. The maximum absolute atomic E-state index is 10.9. The van der Waals surface area contributed by atoms with Crippen LogP contribution in [-0.2, 0) is 11.3 Å². The van der Waals surface area contributed by atoms with Crippen molar-refractivity contribution in [3.05, 3.63) is 34.4 Å². The highest BCUT2D eigenvalue weighted by Gasteiger charge is 2.26. The Bertz CT molecular complexity index is 478. The minimum absolute atomic E-state index is 0.146. The van der Waals surface area contributed by atoms with Gasteiger partial charge in [0.1, 0.15) is 0 Å². The number of nitrogens with zero attached hydrogens (tertiary/aromatic N) is 1. The first-order valence-corrected chi connectivity index (χ1v) is 6.63. The molecule has 0 aliphatic carbocycles. The largest absolute Gasteiger partial charge is 0.481 e. The summed E-state index contributed by atoms with van der Waals surface area (Å²) in [6, 6.07) is 4.40. The number of carboxylic acids is 1. The van der Waals surface area contributed by atoms with E-state index in [-0.39, 0.29) is 12.0 Å². The Morgan fingerprint density at radius 3 is 2.21 bits per heavy atom. The predicted molar refractivity (Wildman–Crippen MR) is 78.5 cm³/mol. The first-order chi connectivity index (χ1) is 8.63. The van der Waals surface area contributed by atoms with Gasteiger partial charge in [-0.25, -0.2) is 0 Å². The van der Waals surface area contributed by atoms with E-state index in [1.165, 1.54) is 22.3 Å². The average Bonchev–Trinajstić information content (AvgIpc) is 2.23. The van der Waals surface area contributed by atoms with Gasteiger partial charge in [0, 0.05) is 12.1 Å². The van der Waals surface area contributed by atoms with Gasteiger partial charge in [0.15, 0.2) is 0 Å². The smallest absolute Gasteiger partial charge is 0.305 e. The molecule has 1 aromatic rings. The van der Waals surface area contributed by atoms with Crippen LogP contribution in [0, 0.1) is 20.8 Å². The summed E-state index contributed by atoms with van der Waals surface area (Å²) in [6.45, 7) is 11.0. The Hall–Kier alpha value is -1.35. The van der Waals surface area contributed by atoms with Crippen molar-refractivity contribution in [3.63, 3.8) is 0 Å². The molecule has 1 aromatic carbocycles. The van der Waals surface area contributed by atoms with Crippen LogP contribution in [0.1, 0.15) is 42.5 Å². The van der Waals surface area contributed by atoms with Crippen molar-refractivity contribution in [2.24, 2.45) is 0 Å². The Morgan fingerprint density at radius 2 is 1.68 bits per heavy atom. The van der Waals surface area contributed by atoms with Gasteiger partial charge in [-0.05, 0) is 63.9 Å². The van der Waals surface area contributed by atoms with Crippen LogP contribution in [0.15, 0.2) is 12.1 Å². The monoisotopic (exact) mass is 263 g/mol. The zero-order chi connectivity index (χ0) is 14.8. The summed E-state index contributed by atoms with van der Waals surface area (Å²) in [5.74, 6) is -0.756. The SMILES string of the molecule is Cc1cc(C)c(CN(C)C(C)(C)CC(=O)O)cc1C. The highest BCUT2D eigenvalue weighted by Crippen LogP contribution is 2.22. The molecule has 0 aromatic heterocycles. The maximum atomic E-state index is 10.9. The third-order valence-electron chi connectivity index (χ3n) is 3.98. The third kappa shape index (κ3) is 4.06. The second-order valence-electron chi connectivity index (χ2n) is 6.10. The third-order valence-corrected chi connectivity index (χ3v) is 3.98. The number of benzene rings is 1. The van der Waals surface area contributed by atoms with Crippen LogP contribution in [0.3, 0.4) is 0 Å². The summed E-state index contributed by atoms with van der Waals surface area (Å²) in [6.07, 6.45) is 0.146. The number of carboxylic acid groups (broad SMARTS) is 1. The van der Waals surface area contributed by atoms with Gasteiger partial charge in [0.25, 0.3) is 0 Å². The molecule has 0 fully saturated rings. The van der Waals surface area contributed by atoms with Crippen LogP contribution < -0.4 is 0 Å². The zero-order valence-corrected chi connectivity index (χ0v) is 12.9. The van der Waals surface area contributed by atoms with E-state index in [0.717, 1.165) is 6.54 Å². The molecule has 3 heteroatoms. The number of rotatable bonds is 5. The lowest BCUT2D eigenvalue weighted by atomic mass is 9.96. The molecule has 0 amide bonds. The van der Waals surface area contributed by atoms with Gasteiger partial charge >= 0.3 is 5.97 Å². The molecule has 19 heavy (non-hydrogen) atoms. The van der Waals surface area contributed by atoms with Crippen molar-refractivity contribution in [1.82, 2.24) is 4.90 Å². The minimum atomic E-state index is -0.756. The number of aliphatic carboxylic acids is 1. The van der Waals surface area contributed by atoms with Crippen LogP contribution in [-0.4, -0.2) is 28.6 Å². The molecule has 0 heterocycles. The molecule has 0 bridgehead atoms. The highest BCUT2D eigenvalue weighted by atomic mass is 16.4. The molecule has 0 radical (unpaired) electrons. The second kappa shape index (κ2) is 5.74. The van der Waals surface area contributed by atoms with E-state index < -0.39 is 5.97 Å². The van der Waals surface area contributed by atoms with Crippen molar-refractivity contribution in [1.29, 1.82) is 0 Å². The van der Waals surface area contributed by atoms with Crippen molar-refractivity contribution in [3.8, 4) is 0 Å². The number of aryl methyl sites for hydroxylation is 3. The quantitative estimate of drug-likeness (QED) is 0.886. The fraction of sp³-hybridized carbons (Fsp3) is 0.562. The first-order valence-electron chi connectivity index (χ1n) is 6.63. The van der Waals surface area contributed by atoms with Gasteiger partial charge in [0.2, 0.25) is 0 Å². The van der Waals surface area contributed by atoms with Crippen molar-refractivity contribution >= 4 is 5.97 Å². The van der Waals surface area contributed by atoms with Gasteiger partial charge in [0.05, 0.1) is 6.42 Å². The summed E-state index contributed by atoms with van der Waals surface area (Å²) in [5, 5.41) is 8.97. The molecule has 1 N–H and O–H groups in total. The predicted octanol–water partition coefficient (Wildman–Crippen LogP) is 3.30. The molecule has 0 saturated carbocycles. The Labute approximate surface area is 116 Å². The zero-order valence-electron chi connectivity index (χ0n) is 12.9.